The smallest absolute Gasteiger partial charge is 0.221 e. The van der Waals surface area contributed by atoms with Gasteiger partial charge in [0.2, 0.25) is 5.88 Å². The second-order valence-corrected chi connectivity index (χ2v) is 5.80. The molecule has 0 aliphatic carbocycles. The van der Waals surface area contributed by atoms with Crippen molar-refractivity contribution in [2.75, 3.05) is 17.6 Å². The normalized spacial score (nSPS) is 10.7. The summed E-state index contributed by atoms with van der Waals surface area (Å²) in [5.74, 6) is 1.86. The van der Waals surface area contributed by atoms with E-state index < -0.39 is 0 Å². The summed E-state index contributed by atoms with van der Waals surface area (Å²) in [6, 6.07) is 11.3. The molecule has 0 aliphatic rings. The molecule has 1 aromatic carbocycles. The minimum Gasteiger partial charge on any atom is -0.439 e. The number of benzene rings is 1. The SMILES string of the molecule is Nc1ccnc(Oc2ccc(CCNc3ncnc4nccnc34)cc2)c1. The number of nitrogens with two attached hydrogens (primary N) is 1. The summed E-state index contributed by atoms with van der Waals surface area (Å²) in [5.41, 5.74) is 8.75. The first kappa shape index (κ1) is 16.6. The van der Waals surface area contributed by atoms with Gasteiger partial charge < -0.3 is 15.8 Å². The van der Waals surface area contributed by atoms with Gasteiger partial charge in [-0.25, -0.2) is 24.9 Å². The lowest BCUT2D eigenvalue weighted by Crippen LogP contribution is -2.08. The van der Waals surface area contributed by atoms with Crippen molar-refractivity contribution in [3.63, 3.8) is 0 Å². The fraction of sp³-hybridized carbons (Fsp3) is 0.105. The largest absolute Gasteiger partial charge is 0.439 e. The summed E-state index contributed by atoms with van der Waals surface area (Å²) in [6.45, 7) is 0.708. The van der Waals surface area contributed by atoms with Crippen LogP contribution in [0.15, 0.2) is 61.3 Å². The van der Waals surface area contributed by atoms with Gasteiger partial charge in [-0.05, 0) is 30.2 Å². The van der Waals surface area contributed by atoms with Crippen LogP contribution in [0.2, 0.25) is 0 Å². The molecule has 4 aromatic rings. The number of nitrogens with zero attached hydrogens (tertiary/aromatic N) is 5. The minimum absolute atomic E-state index is 0.473. The summed E-state index contributed by atoms with van der Waals surface area (Å²) < 4.78 is 5.70. The topological polar surface area (TPSA) is 112 Å². The molecule has 0 unspecified atom stereocenters. The van der Waals surface area contributed by atoms with E-state index in [4.69, 9.17) is 10.5 Å². The second kappa shape index (κ2) is 7.61. The van der Waals surface area contributed by atoms with Crippen LogP contribution in [-0.4, -0.2) is 31.5 Å². The number of nitrogens with one attached hydrogen (secondary N) is 1. The number of ether oxygens (including phenoxy) is 1. The average Bonchev–Trinajstić information content (AvgIpc) is 2.70. The van der Waals surface area contributed by atoms with Crippen LogP contribution >= 0.6 is 0 Å². The highest BCUT2D eigenvalue weighted by atomic mass is 16.5. The highest BCUT2D eigenvalue weighted by Gasteiger charge is 2.05. The molecule has 3 heterocycles. The van der Waals surface area contributed by atoms with Crippen LogP contribution < -0.4 is 15.8 Å². The number of hydrogen-bond donors (Lipinski definition) is 2. The molecule has 27 heavy (non-hydrogen) atoms. The lowest BCUT2D eigenvalue weighted by Gasteiger charge is -2.08. The van der Waals surface area contributed by atoms with Crippen LogP contribution in [0.5, 0.6) is 11.6 Å². The summed E-state index contributed by atoms with van der Waals surface area (Å²) in [7, 11) is 0. The van der Waals surface area contributed by atoms with E-state index in [1.807, 2.05) is 24.3 Å². The number of aromatic nitrogens is 5. The maximum atomic E-state index is 5.73. The van der Waals surface area contributed by atoms with Crippen molar-refractivity contribution < 1.29 is 4.74 Å². The molecule has 8 heteroatoms. The zero-order chi connectivity index (χ0) is 18.5. The van der Waals surface area contributed by atoms with Crippen LogP contribution in [0.4, 0.5) is 11.5 Å². The molecule has 3 aromatic heterocycles. The maximum absolute atomic E-state index is 5.73. The predicted molar refractivity (Wildman–Crippen MR) is 102 cm³/mol. The van der Waals surface area contributed by atoms with E-state index in [9.17, 15) is 0 Å². The van der Waals surface area contributed by atoms with Gasteiger partial charge in [0.25, 0.3) is 0 Å². The van der Waals surface area contributed by atoms with Gasteiger partial charge in [0, 0.05) is 36.9 Å². The molecule has 0 saturated carbocycles. The quantitative estimate of drug-likeness (QED) is 0.540. The van der Waals surface area contributed by atoms with Crippen LogP contribution in [-0.2, 0) is 6.42 Å². The molecule has 3 N–H and O–H groups in total. The summed E-state index contributed by atoms with van der Waals surface area (Å²) in [6.07, 6.45) is 7.16. The first-order valence-corrected chi connectivity index (χ1v) is 8.42. The Bertz CT molecular complexity index is 1050. The Morgan fingerprint density at radius 3 is 2.59 bits per heavy atom. The van der Waals surface area contributed by atoms with E-state index in [1.54, 1.807) is 30.7 Å². The van der Waals surface area contributed by atoms with Gasteiger partial charge in [-0.3, -0.25) is 0 Å². The van der Waals surface area contributed by atoms with Gasteiger partial charge in [0.15, 0.2) is 11.5 Å². The Morgan fingerprint density at radius 1 is 0.889 bits per heavy atom. The molecule has 0 atom stereocenters. The van der Waals surface area contributed by atoms with Crippen molar-refractivity contribution in [3.8, 4) is 11.6 Å². The molecular formula is C19H17N7O. The molecule has 4 rings (SSSR count). The van der Waals surface area contributed by atoms with Crippen LogP contribution in [0.25, 0.3) is 11.2 Å². The molecule has 0 fully saturated rings. The standard InChI is InChI=1S/C19H17N7O/c20-14-6-8-21-16(11-14)27-15-3-1-13(2-4-15)5-7-23-18-17-19(26-12-25-18)24-10-9-22-17/h1-4,6,8-12H,5,7H2,(H2,20,21)(H,23,24,25,26). The van der Waals surface area contributed by atoms with E-state index in [-0.39, 0.29) is 0 Å². The molecule has 0 radical (unpaired) electrons. The molecule has 0 spiro atoms. The molecule has 0 saturated heterocycles. The maximum Gasteiger partial charge on any atom is 0.221 e. The summed E-state index contributed by atoms with van der Waals surface area (Å²) >= 11 is 0. The van der Waals surface area contributed by atoms with E-state index in [2.05, 4.69) is 30.2 Å². The fourth-order valence-electron chi connectivity index (χ4n) is 2.57. The van der Waals surface area contributed by atoms with Crippen LogP contribution in [0, 0.1) is 0 Å². The number of anilines is 2. The Balaban J connectivity index is 1.36. The van der Waals surface area contributed by atoms with Crippen molar-refractivity contribution in [3.05, 3.63) is 66.9 Å². The number of rotatable bonds is 6. The fourth-order valence-corrected chi connectivity index (χ4v) is 2.57. The van der Waals surface area contributed by atoms with Gasteiger partial charge >= 0.3 is 0 Å². The van der Waals surface area contributed by atoms with Gasteiger partial charge in [0.1, 0.15) is 17.6 Å². The zero-order valence-corrected chi connectivity index (χ0v) is 14.4. The molecule has 0 bridgehead atoms. The third-order valence-corrected chi connectivity index (χ3v) is 3.88. The number of pyridine rings is 1. The third-order valence-electron chi connectivity index (χ3n) is 3.88. The van der Waals surface area contributed by atoms with E-state index in [1.165, 1.54) is 11.9 Å². The Morgan fingerprint density at radius 2 is 1.74 bits per heavy atom. The molecular weight excluding hydrogens is 342 g/mol. The molecule has 0 amide bonds. The van der Waals surface area contributed by atoms with Crippen molar-refractivity contribution in [1.82, 2.24) is 24.9 Å². The highest BCUT2D eigenvalue weighted by Crippen LogP contribution is 2.21. The summed E-state index contributed by atoms with van der Waals surface area (Å²) in [5, 5.41) is 3.29. The second-order valence-electron chi connectivity index (χ2n) is 5.80. The first-order chi connectivity index (χ1) is 13.3. The Hall–Kier alpha value is -3.81. The van der Waals surface area contributed by atoms with Gasteiger partial charge in [-0.15, -0.1) is 0 Å². The zero-order valence-electron chi connectivity index (χ0n) is 14.4. The van der Waals surface area contributed by atoms with Crippen LogP contribution in [0.3, 0.4) is 0 Å². The summed E-state index contributed by atoms with van der Waals surface area (Å²) in [4.78, 5) is 20.9. The van der Waals surface area contributed by atoms with E-state index in [0.29, 0.717) is 40.8 Å². The molecule has 0 aliphatic heterocycles. The Kier molecular flexibility index (Phi) is 4.69. The van der Waals surface area contributed by atoms with E-state index in [0.717, 1.165) is 6.42 Å². The first-order valence-electron chi connectivity index (χ1n) is 8.42. The number of hydrogen-bond acceptors (Lipinski definition) is 8. The minimum atomic E-state index is 0.473. The van der Waals surface area contributed by atoms with Crippen molar-refractivity contribution >= 4 is 22.7 Å². The molecule has 134 valence electrons. The van der Waals surface area contributed by atoms with Crippen molar-refractivity contribution in [1.29, 1.82) is 0 Å². The lowest BCUT2D eigenvalue weighted by molar-refractivity contribution is 0.463. The predicted octanol–water partition coefficient (Wildman–Crippen LogP) is 2.84. The highest BCUT2D eigenvalue weighted by molar-refractivity contribution is 5.81. The molecule has 8 nitrogen and oxygen atoms in total. The van der Waals surface area contributed by atoms with Gasteiger partial charge in [-0.2, -0.15) is 0 Å². The Labute approximate surface area is 155 Å². The lowest BCUT2D eigenvalue weighted by atomic mass is 10.1. The average molecular weight is 359 g/mol. The number of fused-ring (bicyclic) bond motifs is 1. The van der Waals surface area contributed by atoms with Crippen LogP contribution in [0.1, 0.15) is 5.56 Å². The van der Waals surface area contributed by atoms with Crippen molar-refractivity contribution in [2.24, 2.45) is 0 Å². The van der Waals surface area contributed by atoms with Crippen molar-refractivity contribution in [2.45, 2.75) is 6.42 Å². The van der Waals surface area contributed by atoms with E-state index >= 15 is 0 Å². The van der Waals surface area contributed by atoms with Gasteiger partial charge in [-0.1, -0.05) is 12.1 Å². The number of nitrogen functional groups attached to an aromatic ring is 1. The monoisotopic (exact) mass is 359 g/mol. The van der Waals surface area contributed by atoms with Gasteiger partial charge in [0.05, 0.1) is 0 Å². The third kappa shape index (κ3) is 4.06.